The van der Waals surface area contributed by atoms with Crippen molar-refractivity contribution in [1.82, 2.24) is 5.43 Å². The summed E-state index contributed by atoms with van der Waals surface area (Å²) >= 11 is 3.29. The van der Waals surface area contributed by atoms with E-state index >= 15 is 0 Å². The first kappa shape index (κ1) is 19.5. The van der Waals surface area contributed by atoms with E-state index in [-0.39, 0.29) is 30.2 Å². The minimum atomic E-state index is -0.411. The molecule has 2 rings (SSSR count). The highest BCUT2D eigenvalue weighted by Gasteiger charge is 2.09. The van der Waals surface area contributed by atoms with Crippen molar-refractivity contribution in [2.24, 2.45) is 5.10 Å². The Kier molecular flexibility index (Phi) is 7.16. The lowest BCUT2D eigenvalue weighted by Gasteiger charge is -2.07. The van der Waals surface area contributed by atoms with Gasteiger partial charge in [0.15, 0.2) is 11.5 Å². The highest BCUT2D eigenvalue weighted by atomic mass is 79.9. The number of phenolic OH excluding ortho intramolecular Hbond substituents is 1. The molecular formula is C18H18BrN3O4. The van der Waals surface area contributed by atoms with Crippen molar-refractivity contribution in [2.45, 2.75) is 12.8 Å². The van der Waals surface area contributed by atoms with Crippen molar-refractivity contribution in [1.29, 1.82) is 0 Å². The van der Waals surface area contributed by atoms with Crippen LogP contribution in [0.2, 0.25) is 0 Å². The molecule has 0 fully saturated rings. The molecule has 0 saturated heterocycles. The van der Waals surface area contributed by atoms with E-state index in [0.717, 1.165) is 0 Å². The molecule has 0 bridgehead atoms. The third-order valence-electron chi connectivity index (χ3n) is 3.32. The minimum Gasteiger partial charge on any atom is -0.504 e. The number of halogens is 1. The van der Waals surface area contributed by atoms with Crippen molar-refractivity contribution in [2.75, 3.05) is 12.4 Å². The molecule has 0 aromatic heterocycles. The number of rotatable bonds is 7. The topological polar surface area (TPSA) is 100 Å². The van der Waals surface area contributed by atoms with Crippen molar-refractivity contribution >= 4 is 39.6 Å². The Hall–Kier alpha value is -2.87. The van der Waals surface area contributed by atoms with Crippen molar-refractivity contribution < 1.29 is 19.4 Å². The van der Waals surface area contributed by atoms with E-state index in [1.54, 1.807) is 24.3 Å². The summed E-state index contributed by atoms with van der Waals surface area (Å²) in [4.78, 5) is 23.5. The molecule has 0 aliphatic carbocycles. The molecule has 0 aliphatic rings. The maximum Gasteiger partial charge on any atom is 0.240 e. The van der Waals surface area contributed by atoms with Crippen LogP contribution >= 0.6 is 15.9 Å². The van der Waals surface area contributed by atoms with Crippen molar-refractivity contribution in [3.8, 4) is 11.5 Å². The molecule has 7 nitrogen and oxygen atoms in total. The summed E-state index contributed by atoms with van der Waals surface area (Å²) in [6.45, 7) is 0. The summed E-state index contributed by atoms with van der Waals surface area (Å²) in [7, 11) is 1.44. The van der Waals surface area contributed by atoms with Gasteiger partial charge in [0.25, 0.3) is 0 Å². The Morgan fingerprint density at radius 1 is 1.19 bits per heavy atom. The molecule has 2 aromatic rings. The van der Waals surface area contributed by atoms with Crippen LogP contribution in [0.4, 0.5) is 5.69 Å². The van der Waals surface area contributed by atoms with Gasteiger partial charge in [0.2, 0.25) is 11.8 Å². The largest absolute Gasteiger partial charge is 0.504 e. The van der Waals surface area contributed by atoms with Gasteiger partial charge in [0.05, 0.1) is 13.3 Å². The smallest absolute Gasteiger partial charge is 0.240 e. The molecule has 0 atom stereocenters. The average molecular weight is 420 g/mol. The third-order valence-corrected chi connectivity index (χ3v) is 3.78. The Labute approximate surface area is 159 Å². The Bertz CT molecular complexity index is 810. The third kappa shape index (κ3) is 5.89. The van der Waals surface area contributed by atoms with E-state index in [4.69, 9.17) is 4.74 Å². The molecule has 0 saturated carbocycles. The van der Waals surface area contributed by atoms with Crippen LogP contribution in [0.25, 0.3) is 0 Å². The fraction of sp³-hybridized carbons (Fsp3) is 0.167. The van der Waals surface area contributed by atoms with Gasteiger partial charge in [-0.2, -0.15) is 5.10 Å². The van der Waals surface area contributed by atoms with E-state index in [0.29, 0.717) is 15.7 Å². The molecule has 2 amide bonds. The fourth-order valence-corrected chi connectivity index (χ4v) is 2.50. The molecule has 2 aromatic carbocycles. The van der Waals surface area contributed by atoms with E-state index in [1.165, 1.54) is 13.3 Å². The standard InChI is InChI=1S/C18H18BrN3O4/c1-26-15-10-13(19)9-12(18(15)25)11-20-22-17(24)8-7-16(23)21-14-5-3-2-4-6-14/h2-6,9-11,25H,7-8H2,1H3,(H,21,23)(H,22,24). The van der Waals surface area contributed by atoms with E-state index in [1.807, 2.05) is 18.2 Å². The number of hydrazone groups is 1. The molecule has 0 unspecified atom stereocenters. The number of methoxy groups -OCH3 is 1. The number of ether oxygens (including phenoxy) is 1. The van der Waals surface area contributed by atoms with E-state index < -0.39 is 5.91 Å². The number of carbonyl (C=O) groups is 2. The number of phenols is 1. The van der Waals surface area contributed by atoms with Gasteiger partial charge in [0.1, 0.15) is 0 Å². The summed E-state index contributed by atoms with van der Waals surface area (Å²) in [6, 6.07) is 12.2. The molecule has 0 spiro atoms. The molecular weight excluding hydrogens is 402 g/mol. The Balaban J connectivity index is 1.82. The molecule has 3 N–H and O–H groups in total. The predicted octanol–water partition coefficient (Wildman–Crippen LogP) is 3.03. The molecule has 0 heterocycles. The first-order valence-electron chi connectivity index (χ1n) is 7.73. The Morgan fingerprint density at radius 3 is 2.58 bits per heavy atom. The number of nitrogens with zero attached hydrogens (tertiary/aromatic N) is 1. The molecule has 8 heteroatoms. The Morgan fingerprint density at radius 2 is 1.88 bits per heavy atom. The average Bonchev–Trinajstić information content (AvgIpc) is 2.63. The zero-order valence-corrected chi connectivity index (χ0v) is 15.6. The lowest BCUT2D eigenvalue weighted by atomic mass is 10.2. The highest BCUT2D eigenvalue weighted by Crippen LogP contribution is 2.32. The number of anilines is 1. The maximum atomic E-state index is 11.8. The lowest BCUT2D eigenvalue weighted by molar-refractivity contribution is -0.124. The van der Waals surface area contributed by atoms with Gasteiger partial charge >= 0.3 is 0 Å². The summed E-state index contributed by atoms with van der Waals surface area (Å²) in [5.41, 5.74) is 3.37. The number of hydrogen-bond donors (Lipinski definition) is 3. The number of nitrogens with one attached hydrogen (secondary N) is 2. The summed E-state index contributed by atoms with van der Waals surface area (Å²) in [6.07, 6.45) is 1.32. The van der Waals surface area contributed by atoms with Gasteiger partial charge in [-0.25, -0.2) is 5.43 Å². The first-order chi connectivity index (χ1) is 12.5. The van der Waals surface area contributed by atoms with E-state index in [9.17, 15) is 14.7 Å². The van der Waals surface area contributed by atoms with Crippen LogP contribution < -0.4 is 15.5 Å². The molecule has 26 heavy (non-hydrogen) atoms. The SMILES string of the molecule is COc1cc(Br)cc(C=NNC(=O)CCC(=O)Nc2ccccc2)c1O. The highest BCUT2D eigenvalue weighted by molar-refractivity contribution is 9.10. The van der Waals surface area contributed by atoms with Gasteiger partial charge in [-0.05, 0) is 24.3 Å². The second kappa shape index (κ2) is 9.57. The maximum absolute atomic E-state index is 11.8. The van der Waals surface area contributed by atoms with E-state index in [2.05, 4.69) is 31.8 Å². The molecule has 0 aliphatic heterocycles. The van der Waals surface area contributed by atoms with Gasteiger partial charge < -0.3 is 15.2 Å². The summed E-state index contributed by atoms with van der Waals surface area (Å²) in [5.74, 6) is -0.476. The zero-order chi connectivity index (χ0) is 18.9. The van der Waals surface area contributed by atoms with Gasteiger partial charge in [0, 0.05) is 28.6 Å². The van der Waals surface area contributed by atoms with Crippen LogP contribution in [0.15, 0.2) is 52.0 Å². The quantitative estimate of drug-likeness (QED) is 0.474. The van der Waals surface area contributed by atoms with Crippen LogP contribution in [0.1, 0.15) is 18.4 Å². The van der Waals surface area contributed by atoms with Gasteiger partial charge in [-0.1, -0.05) is 34.1 Å². The lowest BCUT2D eigenvalue weighted by Crippen LogP contribution is -2.20. The second-order valence-corrected chi connectivity index (χ2v) is 6.17. The molecule has 0 radical (unpaired) electrons. The van der Waals surface area contributed by atoms with Crippen LogP contribution in [-0.2, 0) is 9.59 Å². The van der Waals surface area contributed by atoms with Gasteiger partial charge in [-0.3, -0.25) is 9.59 Å². The van der Waals surface area contributed by atoms with Gasteiger partial charge in [-0.15, -0.1) is 0 Å². The summed E-state index contributed by atoms with van der Waals surface area (Å²) < 4.78 is 5.73. The van der Waals surface area contributed by atoms with Crippen LogP contribution in [-0.4, -0.2) is 30.2 Å². The predicted molar refractivity (Wildman–Crippen MR) is 102 cm³/mol. The monoisotopic (exact) mass is 419 g/mol. The fourth-order valence-electron chi connectivity index (χ4n) is 2.05. The number of amides is 2. The molecule has 136 valence electrons. The second-order valence-electron chi connectivity index (χ2n) is 5.25. The number of benzene rings is 2. The van der Waals surface area contributed by atoms with Crippen LogP contribution in [0.5, 0.6) is 11.5 Å². The first-order valence-corrected chi connectivity index (χ1v) is 8.52. The van der Waals surface area contributed by atoms with Crippen LogP contribution in [0, 0.1) is 0 Å². The van der Waals surface area contributed by atoms with Crippen molar-refractivity contribution in [3.05, 3.63) is 52.5 Å². The van der Waals surface area contributed by atoms with Crippen LogP contribution in [0.3, 0.4) is 0 Å². The van der Waals surface area contributed by atoms with Crippen molar-refractivity contribution in [3.63, 3.8) is 0 Å². The number of para-hydroxylation sites is 1. The number of aromatic hydroxyl groups is 1. The normalized spacial score (nSPS) is 10.5. The number of hydrogen-bond acceptors (Lipinski definition) is 5. The summed E-state index contributed by atoms with van der Waals surface area (Å²) in [5, 5.41) is 16.5. The zero-order valence-electron chi connectivity index (χ0n) is 14.0. The number of carbonyl (C=O) groups excluding carboxylic acids is 2. The minimum absolute atomic E-state index is 0.0101.